The lowest BCUT2D eigenvalue weighted by Gasteiger charge is -2.32. The highest BCUT2D eigenvalue weighted by molar-refractivity contribution is 5.78. The number of piperazine rings is 1. The van der Waals surface area contributed by atoms with Crippen LogP contribution < -0.4 is 5.73 Å². The molecule has 20 heavy (non-hydrogen) atoms. The Morgan fingerprint density at radius 1 is 0.950 bits per heavy atom. The Morgan fingerprint density at radius 2 is 1.65 bits per heavy atom. The van der Waals surface area contributed by atoms with E-state index < -0.39 is 0 Å². The molecule has 2 N–H and O–H groups in total. The van der Waals surface area contributed by atoms with E-state index in [4.69, 9.17) is 5.73 Å². The third-order valence-electron chi connectivity index (χ3n) is 4.43. The van der Waals surface area contributed by atoms with Gasteiger partial charge in [-0.15, -0.1) is 0 Å². The van der Waals surface area contributed by atoms with Gasteiger partial charge in [-0.05, 0) is 45.7 Å². The van der Waals surface area contributed by atoms with Crippen molar-refractivity contribution in [1.29, 1.82) is 0 Å². The molecule has 116 valence electrons. The van der Waals surface area contributed by atoms with E-state index in [1.54, 1.807) is 0 Å². The van der Waals surface area contributed by atoms with Gasteiger partial charge < -0.3 is 20.4 Å². The predicted octanol–water partition coefficient (Wildman–Crippen LogP) is 0.815. The van der Waals surface area contributed by atoms with Crippen LogP contribution in [0.1, 0.15) is 32.1 Å². The van der Waals surface area contributed by atoms with Gasteiger partial charge in [-0.25, -0.2) is 0 Å². The largest absolute Gasteiger partial charge is 0.370 e. The molecule has 2 aliphatic heterocycles. The lowest BCUT2D eigenvalue weighted by Crippen LogP contribution is -2.44. The average Bonchev–Trinajstić information content (AvgIpc) is 2.49. The first-order valence-electron chi connectivity index (χ1n) is 8.21. The third kappa shape index (κ3) is 5.29. The first-order valence-corrected chi connectivity index (χ1v) is 8.21. The van der Waals surface area contributed by atoms with Crippen LogP contribution in [0.5, 0.6) is 0 Å². The van der Waals surface area contributed by atoms with Gasteiger partial charge in [0.25, 0.3) is 0 Å². The molecule has 0 radical (unpaired) electrons. The van der Waals surface area contributed by atoms with E-state index in [9.17, 15) is 0 Å². The number of aliphatic imine (C=N–C) groups is 1. The van der Waals surface area contributed by atoms with Crippen molar-refractivity contribution >= 4 is 5.96 Å². The fourth-order valence-corrected chi connectivity index (χ4v) is 2.94. The monoisotopic (exact) mass is 281 g/mol. The molecular formula is C15H31N5. The van der Waals surface area contributed by atoms with Crippen molar-refractivity contribution in [3.8, 4) is 0 Å². The van der Waals surface area contributed by atoms with Gasteiger partial charge >= 0.3 is 0 Å². The van der Waals surface area contributed by atoms with E-state index in [0.29, 0.717) is 0 Å². The Kier molecular flexibility index (Phi) is 6.60. The molecule has 5 nitrogen and oxygen atoms in total. The van der Waals surface area contributed by atoms with Crippen LogP contribution >= 0.6 is 0 Å². The maximum Gasteiger partial charge on any atom is 0.191 e. The lowest BCUT2D eigenvalue weighted by molar-refractivity contribution is 0.152. The summed E-state index contributed by atoms with van der Waals surface area (Å²) in [6, 6.07) is 0. The van der Waals surface area contributed by atoms with Gasteiger partial charge in [-0.2, -0.15) is 0 Å². The number of piperidine rings is 1. The lowest BCUT2D eigenvalue weighted by atomic mass is 10.1. The highest BCUT2D eigenvalue weighted by atomic mass is 15.3. The van der Waals surface area contributed by atoms with Crippen LogP contribution in [0.25, 0.3) is 0 Å². The van der Waals surface area contributed by atoms with Gasteiger partial charge in [0.1, 0.15) is 0 Å². The first-order chi connectivity index (χ1) is 9.75. The fraction of sp³-hybridized carbons (Fsp3) is 0.933. The predicted molar refractivity (Wildman–Crippen MR) is 85.1 cm³/mol. The Morgan fingerprint density at radius 3 is 2.35 bits per heavy atom. The standard InChI is InChI=1S/C15H31N5/c1-18-11-13-19(14-12-18)8-6-3-7-17-15(16)20-9-4-2-5-10-20/h2-14H2,1H3,(H2,16,17). The van der Waals surface area contributed by atoms with Crippen LogP contribution in [0, 0.1) is 0 Å². The van der Waals surface area contributed by atoms with Crippen LogP contribution in [-0.4, -0.2) is 80.1 Å². The van der Waals surface area contributed by atoms with Gasteiger partial charge in [-0.3, -0.25) is 4.99 Å². The topological polar surface area (TPSA) is 48.1 Å². The zero-order valence-electron chi connectivity index (χ0n) is 13.1. The highest BCUT2D eigenvalue weighted by Gasteiger charge is 2.13. The molecule has 0 bridgehead atoms. The van der Waals surface area contributed by atoms with Gasteiger partial charge in [0, 0.05) is 45.8 Å². The van der Waals surface area contributed by atoms with E-state index in [0.717, 1.165) is 32.0 Å². The second-order valence-corrected chi connectivity index (χ2v) is 6.14. The van der Waals surface area contributed by atoms with E-state index in [1.165, 1.54) is 58.4 Å². The molecule has 5 heteroatoms. The van der Waals surface area contributed by atoms with E-state index >= 15 is 0 Å². The van der Waals surface area contributed by atoms with Crippen molar-refractivity contribution < 1.29 is 0 Å². The summed E-state index contributed by atoms with van der Waals surface area (Å²) < 4.78 is 0. The summed E-state index contributed by atoms with van der Waals surface area (Å²) in [5.74, 6) is 0.768. The van der Waals surface area contributed by atoms with Crippen molar-refractivity contribution in [3.63, 3.8) is 0 Å². The molecule has 0 atom stereocenters. The minimum absolute atomic E-state index is 0.768. The van der Waals surface area contributed by atoms with Crippen molar-refractivity contribution in [2.45, 2.75) is 32.1 Å². The van der Waals surface area contributed by atoms with Crippen LogP contribution in [0.3, 0.4) is 0 Å². The van der Waals surface area contributed by atoms with Crippen molar-refractivity contribution in [2.75, 3.05) is 59.4 Å². The third-order valence-corrected chi connectivity index (χ3v) is 4.43. The summed E-state index contributed by atoms with van der Waals surface area (Å²) in [6.45, 7) is 9.14. The van der Waals surface area contributed by atoms with Crippen LogP contribution in [-0.2, 0) is 0 Å². The molecule has 0 aliphatic carbocycles. The van der Waals surface area contributed by atoms with E-state index in [1.807, 2.05) is 0 Å². The number of hydrogen-bond acceptors (Lipinski definition) is 3. The van der Waals surface area contributed by atoms with Gasteiger partial charge in [0.05, 0.1) is 0 Å². The molecule has 0 aromatic rings. The second kappa shape index (κ2) is 8.47. The number of likely N-dealkylation sites (tertiary alicyclic amines) is 1. The number of nitrogens with zero attached hydrogens (tertiary/aromatic N) is 4. The fourth-order valence-electron chi connectivity index (χ4n) is 2.94. The molecule has 2 saturated heterocycles. The highest BCUT2D eigenvalue weighted by Crippen LogP contribution is 2.08. The molecule has 0 aromatic carbocycles. The Hall–Kier alpha value is -0.810. The van der Waals surface area contributed by atoms with Crippen molar-refractivity contribution in [1.82, 2.24) is 14.7 Å². The zero-order valence-corrected chi connectivity index (χ0v) is 13.1. The van der Waals surface area contributed by atoms with E-state index in [-0.39, 0.29) is 0 Å². The van der Waals surface area contributed by atoms with Crippen molar-refractivity contribution in [2.24, 2.45) is 10.7 Å². The molecule has 2 fully saturated rings. The zero-order chi connectivity index (χ0) is 14.2. The quantitative estimate of drug-likeness (QED) is 0.460. The smallest absolute Gasteiger partial charge is 0.191 e. The maximum absolute atomic E-state index is 6.05. The van der Waals surface area contributed by atoms with Crippen LogP contribution in [0.2, 0.25) is 0 Å². The molecular weight excluding hydrogens is 250 g/mol. The number of likely N-dealkylation sites (N-methyl/N-ethyl adjacent to an activating group) is 1. The Labute approximate surface area is 123 Å². The summed E-state index contributed by atoms with van der Waals surface area (Å²) in [4.78, 5) is 11.7. The Bertz CT molecular complexity index is 291. The van der Waals surface area contributed by atoms with Crippen molar-refractivity contribution in [3.05, 3.63) is 0 Å². The first kappa shape index (κ1) is 15.6. The number of rotatable bonds is 5. The normalized spacial score (nSPS) is 23.2. The molecule has 0 unspecified atom stereocenters. The molecule has 0 saturated carbocycles. The van der Waals surface area contributed by atoms with Crippen LogP contribution in [0.15, 0.2) is 4.99 Å². The molecule has 0 aromatic heterocycles. The number of nitrogens with two attached hydrogens (primary N) is 1. The van der Waals surface area contributed by atoms with Crippen LogP contribution in [0.4, 0.5) is 0 Å². The minimum atomic E-state index is 0.768. The molecule has 2 heterocycles. The summed E-state index contributed by atoms with van der Waals surface area (Å²) in [6.07, 6.45) is 6.26. The SMILES string of the molecule is CN1CCN(CCCCN=C(N)N2CCCCC2)CC1. The minimum Gasteiger partial charge on any atom is -0.370 e. The number of hydrogen-bond donors (Lipinski definition) is 1. The Balaban J connectivity index is 1.54. The second-order valence-electron chi connectivity index (χ2n) is 6.14. The molecule has 0 amide bonds. The molecule has 2 rings (SSSR count). The number of unbranched alkanes of at least 4 members (excludes halogenated alkanes) is 1. The number of guanidine groups is 1. The summed E-state index contributed by atoms with van der Waals surface area (Å²) in [5, 5.41) is 0. The average molecular weight is 281 g/mol. The van der Waals surface area contributed by atoms with E-state index in [2.05, 4.69) is 26.7 Å². The summed E-state index contributed by atoms with van der Waals surface area (Å²) in [7, 11) is 2.20. The molecule has 0 spiro atoms. The molecule has 2 aliphatic rings. The summed E-state index contributed by atoms with van der Waals surface area (Å²) >= 11 is 0. The van der Waals surface area contributed by atoms with Gasteiger partial charge in [0.2, 0.25) is 0 Å². The summed E-state index contributed by atoms with van der Waals surface area (Å²) in [5.41, 5.74) is 6.05. The van der Waals surface area contributed by atoms with Gasteiger partial charge in [-0.1, -0.05) is 0 Å². The van der Waals surface area contributed by atoms with Gasteiger partial charge in [0.15, 0.2) is 5.96 Å². The maximum atomic E-state index is 6.05.